The first-order chi connectivity index (χ1) is 12.7. The monoisotopic (exact) mass is 380 g/mol. The maximum atomic E-state index is 12.7. The van der Waals surface area contributed by atoms with Crippen molar-refractivity contribution in [2.24, 2.45) is 0 Å². The molecule has 0 aliphatic carbocycles. The Bertz CT molecular complexity index is 1090. The van der Waals surface area contributed by atoms with Crippen LogP contribution in [0.25, 0.3) is 11.3 Å². The molecule has 1 aromatic heterocycles. The van der Waals surface area contributed by atoms with Crippen molar-refractivity contribution in [1.29, 1.82) is 4.78 Å². The quantitative estimate of drug-likeness (QED) is 0.658. The van der Waals surface area contributed by atoms with E-state index in [1.165, 1.54) is 6.26 Å². The summed E-state index contributed by atoms with van der Waals surface area (Å²) in [5, 5.41) is 0. The minimum Gasteiger partial charge on any atom is -0.382 e. The van der Waals surface area contributed by atoms with E-state index in [-0.39, 0.29) is 23.7 Å². The van der Waals surface area contributed by atoms with E-state index in [9.17, 15) is 9.00 Å². The molecule has 1 heterocycles. The molecule has 0 aliphatic heterocycles. The van der Waals surface area contributed by atoms with Gasteiger partial charge in [-0.05, 0) is 24.6 Å². The lowest BCUT2D eigenvalue weighted by Crippen LogP contribution is -2.12. The van der Waals surface area contributed by atoms with Gasteiger partial charge in [0.2, 0.25) is 0 Å². The fraction of sp³-hybridized carbons (Fsp3) is 0.150. The molecule has 3 aromatic rings. The van der Waals surface area contributed by atoms with Gasteiger partial charge in [-0.2, -0.15) is 0 Å². The number of hydrogen-bond donors (Lipinski definition) is 2. The summed E-state index contributed by atoms with van der Waals surface area (Å²) in [4.78, 5) is 21.6. The summed E-state index contributed by atoms with van der Waals surface area (Å²) in [6.07, 6.45) is 3.01. The van der Waals surface area contributed by atoms with Gasteiger partial charge in [-0.1, -0.05) is 42.0 Å². The number of hydrogen-bond acceptors (Lipinski definition) is 6. The highest BCUT2D eigenvalue weighted by Gasteiger charge is 2.16. The third kappa shape index (κ3) is 4.38. The average Bonchev–Trinajstić information content (AvgIpc) is 2.62. The molecule has 0 saturated heterocycles. The van der Waals surface area contributed by atoms with Gasteiger partial charge in [-0.15, -0.1) is 0 Å². The van der Waals surface area contributed by atoms with Crippen LogP contribution in [-0.2, 0) is 16.1 Å². The number of benzene rings is 2. The predicted octanol–water partition coefficient (Wildman–Crippen LogP) is 3.50. The van der Waals surface area contributed by atoms with Crippen LogP contribution in [0.3, 0.4) is 0 Å². The third-order valence-corrected chi connectivity index (χ3v) is 5.32. The molecular formula is C20H20N4O2S. The molecule has 0 amide bonds. The van der Waals surface area contributed by atoms with E-state index in [1.54, 1.807) is 30.5 Å². The zero-order valence-corrected chi connectivity index (χ0v) is 15.9. The van der Waals surface area contributed by atoms with Crippen LogP contribution in [-0.4, -0.2) is 26.2 Å². The molecule has 2 aromatic carbocycles. The van der Waals surface area contributed by atoms with Gasteiger partial charge < -0.3 is 5.73 Å². The van der Waals surface area contributed by atoms with Crippen LogP contribution in [0.4, 0.5) is 5.82 Å². The molecular weight excluding hydrogens is 360 g/mol. The molecule has 0 saturated carbocycles. The summed E-state index contributed by atoms with van der Waals surface area (Å²) in [7, 11) is -2.77. The molecule has 27 heavy (non-hydrogen) atoms. The van der Waals surface area contributed by atoms with Crippen molar-refractivity contribution >= 4 is 21.3 Å². The number of nitrogens with two attached hydrogens (primary N) is 1. The lowest BCUT2D eigenvalue weighted by molar-refractivity contribution is 0.0989. The number of nitrogen functional groups attached to an aromatic ring is 1. The van der Waals surface area contributed by atoms with Gasteiger partial charge in [0, 0.05) is 23.1 Å². The van der Waals surface area contributed by atoms with Gasteiger partial charge >= 0.3 is 0 Å². The Hall–Kier alpha value is -3.06. The second-order valence-electron chi connectivity index (χ2n) is 6.44. The Morgan fingerprint density at radius 3 is 2.33 bits per heavy atom. The summed E-state index contributed by atoms with van der Waals surface area (Å²) in [6.45, 7) is 2.00. The number of ketones is 1. The van der Waals surface area contributed by atoms with E-state index < -0.39 is 9.73 Å². The second kappa shape index (κ2) is 7.28. The van der Waals surface area contributed by atoms with Crippen molar-refractivity contribution in [3.05, 3.63) is 71.5 Å². The summed E-state index contributed by atoms with van der Waals surface area (Å²) in [5.74, 6) is -0.153. The number of nitrogens with zero attached hydrogens (tertiary/aromatic N) is 2. The highest BCUT2D eigenvalue weighted by molar-refractivity contribution is 7.91. The summed E-state index contributed by atoms with van der Waals surface area (Å²) < 4.78 is 19.3. The van der Waals surface area contributed by atoms with Crippen LogP contribution in [0, 0.1) is 11.7 Å². The Morgan fingerprint density at radius 2 is 1.74 bits per heavy atom. The zero-order valence-electron chi connectivity index (χ0n) is 15.1. The van der Waals surface area contributed by atoms with Crippen LogP contribution in [0.2, 0.25) is 0 Å². The number of anilines is 1. The number of aryl methyl sites for hydroxylation is 1. The van der Waals surface area contributed by atoms with Crippen molar-refractivity contribution in [2.45, 2.75) is 18.2 Å². The standard InChI is InChI=1S/C20H20N4O2S/c1-13-3-7-15(8-4-13)17-12-23-20(21)19(24-17)18(25)11-14-5-9-16(10-6-14)27(2,22)26/h3-10,12,22H,11H2,1-2H3,(H2,21,23). The fourth-order valence-electron chi connectivity index (χ4n) is 2.60. The summed E-state index contributed by atoms with van der Waals surface area (Å²) in [6, 6.07) is 14.4. The van der Waals surface area contributed by atoms with Gasteiger partial charge in [-0.3, -0.25) is 4.79 Å². The number of aromatic nitrogens is 2. The molecule has 0 aliphatic rings. The minimum atomic E-state index is -2.77. The lowest BCUT2D eigenvalue weighted by atomic mass is 10.1. The molecule has 1 atom stereocenters. The normalized spacial score (nSPS) is 13.1. The van der Waals surface area contributed by atoms with E-state index in [2.05, 4.69) is 9.97 Å². The van der Waals surface area contributed by atoms with Crippen molar-refractivity contribution in [2.75, 3.05) is 12.0 Å². The van der Waals surface area contributed by atoms with Crippen LogP contribution in [0.5, 0.6) is 0 Å². The van der Waals surface area contributed by atoms with Crippen molar-refractivity contribution in [3.63, 3.8) is 0 Å². The first kappa shape index (κ1) is 18.7. The molecule has 1 unspecified atom stereocenters. The van der Waals surface area contributed by atoms with Crippen molar-refractivity contribution in [3.8, 4) is 11.3 Å². The SMILES string of the molecule is Cc1ccc(-c2cnc(N)c(C(=O)Cc3ccc(S(C)(=N)=O)cc3)n2)cc1. The highest BCUT2D eigenvalue weighted by atomic mass is 32.2. The van der Waals surface area contributed by atoms with E-state index in [4.69, 9.17) is 10.5 Å². The van der Waals surface area contributed by atoms with E-state index in [0.29, 0.717) is 10.6 Å². The topological polar surface area (TPSA) is 110 Å². The highest BCUT2D eigenvalue weighted by Crippen LogP contribution is 2.20. The van der Waals surface area contributed by atoms with Crippen LogP contribution in [0.1, 0.15) is 21.6 Å². The smallest absolute Gasteiger partial charge is 0.189 e. The van der Waals surface area contributed by atoms with Gasteiger partial charge in [0.25, 0.3) is 0 Å². The van der Waals surface area contributed by atoms with Gasteiger partial charge in [0.15, 0.2) is 11.6 Å². The van der Waals surface area contributed by atoms with Crippen LogP contribution < -0.4 is 5.73 Å². The average molecular weight is 380 g/mol. The molecule has 0 spiro atoms. The molecule has 3 rings (SSSR count). The van der Waals surface area contributed by atoms with Crippen molar-refractivity contribution < 1.29 is 9.00 Å². The molecule has 0 bridgehead atoms. The predicted molar refractivity (Wildman–Crippen MR) is 106 cm³/mol. The molecule has 7 heteroatoms. The molecule has 138 valence electrons. The summed E-state index contributed by atoms with van der Waals surface area (Å²) in [5.41, 5.74) is 9.31. The number of carbonyl (C=O) groups is 1. The molecule has 6 nitrogen and oxygen atoms in total. The minimum absolute atomic E-state index is 0.0928. The maximum Gasteiger partial charge on any atom is 0.189 e. The second-order valence-corrected chi connectivity index (χ2v) is 8.60. The summed E-state index contributed by atoms with van der Waals surface area (Å²) >= 11 is 0. The largest absolute Gasteiger partial charge is 0.382 e. The number of nitrogens with one attached hydrogen (secondary N) is 1. The number of carbonyl (C=O) groups excluding carboxylic acids is 1. The Labute approximate surface area is 158 Å². The van der Waals surface area contributed by atoms with Crippen LogP contribution >= 0.6 is 0 Å². The first-order valence-electron chi connectivity index (χ1n) is 8.29. The van der Waals surface area contributed by atoms with E-state index in [1.807, 2.05) is 31.2 Å². The van der Waals surface area contributed by atoms with E-state index in [0.717, 1.165) is 16.7 Å². The van der Waals surface area contributed by atoms with Gasteiger partial charge in [0.05, 0.1) is 21.6 Å². The maximum absolute atomic E-state index is 12.7. The van der Waals surface area contributed by atoms with Crippen LogP contribution in [0.15, 0.2) is 59.6 Å². The molecule has 0 radical (unpaired) electrons. The fourth-order valence-corrected chi connectivity index (χ4v) is 3.26. The third-order valence-electron chi connectivity index (χ3n) is 4.15. The Kier molecular flexibility index (Phi) is 5.05. The van der Waals surface area contributed by atoms with Crippen molar-refractivity contribution in [1.82, 2.24) is 9.97 Å². The van der Waals surface area contributed by atoms with Gasteiger partial charge in [0.1, 0.15) is 5.69 Å². The molecule has 3 N–H and O–H groups in total. The first-order valence-corrected chi connectivity index (χ1v) is 10.3. The zero-order chi connectivity index (χ0) is 19.6. The molecule has 0 fully saturated rings. The number of rotatable bonds is 5. The Morgan fingerprint density at radius 1 is 1.11 bits per heavy atom. The Balaban J connectivity index is 1.86. The van der Waals surface area contributed by atoms with Gasteiger partial charge in [-0.25, -0.2) is 19.0 Å². The lowest BCUT2D eigenvalue weighted by Gasteiger charge is -2.08. The van der Waals surface area contributed by atoms with E-state index >= 15 is 0 Å². The number of Topliss-reactive ketones (excluding diaryl/α,β-unsaturated/α-hetero) is 1.